The minimum absolute atomic E-state index is 0.111. The lowest BCUT2D eigenvalue weighted by atomic mass is 10.2. The van der Waals surface area contributed by atoms with Crippen molar-refractivity contribution in [3.63, 3.8) is 0 Å². The maximum Gasteiger partial charge on any atom is 0.416 e. The number of anilines is 1. The number of sulfonamides is 1. The Balaban J connectivity index is 2.00. The van der Waals surface area contributed by atoms with E-state index in [4.69, 9.17) is 4.74 Å². The van der Waals surface area contributed by atoms with E-state index in [0.29, 0.717) is 25.6 Å². The zero-order valence-electron chi connectivity index (χ0n) is 16.5. The van der Waals surface area contributed by atoms with Crippen molar-refractivity contribution < 1.29 is 31.1 Å². The topological polar surface area (TPSA) is 84.5 Å². The average Bonchev–Trinajstić information content (AvgIpc) is 2.66. The second kappa shape index (κ2) is 9.94. The van der Waals surface area contributed by atoms with Crippen molar-refractivity contribution in [2.75, 3.05) is 17.9 Å². The lowest BCUT2D eigenvalue weighted by Gasteiger charge is -2.12. The molecule has 0 atom stereocenters. The Morgan fingerprint density at radius 1 is 1.10 bits per heavy atom. The van der Waals surface area contributed by atoms with Gasteiger partial charge in [0.05, 0.1) is 16.6 Å². The number of ether oxygens (including phenoxy) is 1. The number of hydrogen-bond acceptors (Lipinski definition) is 4. The molecular weight excluding hydrogens is 421 g/mol. The van der Waals surface area contributed by atoms with Crippen LogP contribution in [0.3, 0.4) is 0 Å². The van der Waals surface area contributed by atoms with Gasteiger partial charge < -0.3 is 10.1 Å². The molecule has 0 saturated carbocycles. The first-order valence-electron chi connectivity index (χ1n) is 9.19. The largest absolute Gasteiger partial charge is 0.416 e. The fourth-order valence-electron chi connectivity index (χ4n) is 2.45. The van der Waals surface area contributed by atoms with Crippen LogP contribution in [0.1, 0.15) is 36.2 Å². The van der Waals surface area contributed by atoms with Gasteiger partial charge in [-0.05, 0) is 62.7 Å². The van der Waals surface area contributed by atoms with Crippen LogP contribution in [0.4, 0.5) is 18.9 Å². The van der Waals surface area contributed by atoms with Crippen molar-refractivity contribution in [1.82, 2.24) is 5.32 Å². The van der Waals surface area contributed by atoms with Gasteiger partial charge in [-0.1, -0.05) is 6.07 Å². The van der Waals surface area contributed by atoms with Crippen molar-refractivity contribution in [2.45, 2.75) is 37.4 Å². The van der Waals surface area contributed by atoms with E-state index in [1.165, 1.54) is 30.3 Å². The Morgan fingerprint density at radius 3 is 2.37 bits per heavy atom. The van der Waals surface area contributed by atoms with Gasteiger partial charge in [-0.3, -0.25) is 9.52 Å². The minimum Gasteiger partial charge on any atom is -0.379 e. The van der Waals surface area contributed by atoms with Crippen molar-refractivity contribution in [3.8, 4) is 0 Å². The highest BCUT2D eigenvalue weighted by molar-refractivity contribution is 7.92. The SMILES string of the molecule is CC(C)OCCCNC(=O)c1ccc(S(=O)(=O)Nc2cccc(C(F)(F)F)c2)cc1. The molecule has 0 fully saturated rings. The highest BCUT2D eigenvalue weighted by Gasteiger charge is 2.30. The zero-order valence-corrected chi connectivity index (χ0v) is 17.3. The molecule has 2 aromatic carbocycles. The van der Waals surface area contributed by atoms with Gasteiger partial charge in [-0.25, -0.2) is 8.42 Å². The molecule has 0 aliphatic heterocycles. The van der Waals surface area contributed by atoms with E-state index in [0.717, 1.165) is 12.1 Å². The van der Waals surface area contributed by atoms with Gasteiger partial charge in [-0.2, -0.15) is 13.2 Å². The number of alkyl halides is 3. The van der Waals surface area contributed by atoms with Crippen molar-refractivity contribution in [1.29, 1.82) is 0 Å². The van der Waals surface area contributed by atoms with Gasteiger partial charge in [0.2, 0.25) is 0 Å². The van der Waals surface area contributed by atoms with E-state index in [1.54, 1.807) is 0 Å². The standard InChI is InChI=1S/C20H23F3N2O4S/c1-14(2)29-12-4-11-24-19(26)15-7-9-18(10-8-15)30(27,28)25-17-6-3-5-16(13-17)20(21,22)23/h3,5-10,13-14,25H,4,11-12H2,1-2H3,(H,24,26). The molecule has 0 bridgehead atoms. The summed E-state index contributed by atoms with van der Waals surface area (Å²) in [6.45, 7) is 4.74. The molecule has 2 N–H and O–H groups in total. The van der Waals surface area contributed by atoms with Gasteiger partial charge in [0.25, 0.3) is 15.9 Å². The number of benzene rings is 2. The molecule has 0 radical (unpaired) electrons. The van der Waals surface area contributed by atoms with Crippen molar-refractivity contribution >= 4 is 21.6 Å². The Labute approximate surface area is 173 Å². The molecule has 0 unspecified atom stereocenters. The van der Waals surface area contributed by atoms with Crippen LogP contribution in [0.25, 0.3) is 0 Å². The molecule has 2 rings (SSSR count). The fourth-order valence-corrected chi connectivity index (χ4v) is 3.50. The lowest BCUT2D eigenvalue weighted by molar-refractivity contribution is -0.137. The Bertz CT molecular complexity index is 959. The normalized spacial score (nSPS) is 12.1. The molecule has 0 aliphatic carbocycles. The predicted molar refractivity (Wildman–Crippen MR) is 107 cm³/mol. The van der Waals surface area contributed by atoms with Crippen LogP contribution in [0.5, 0.6) is 0 Å². The fraction of sp³-hybridized carbons (Fsp3) is 0.350. The summed E-state index contributed by atoms with van der Waals surface area (Å²) in [7, 11) is -4.12. The molecule has 0 aliphatic rings. The average molecular weight is 444 g/mol. The molecule has 0 spiro atoms. The van der Waals surface area contributed by atoms with Crippen LogP contribution in [-0.2, 0) is 20.9 Å². The van der Waals surface area contributed by atoms with Gasteiger partial charge in [0.15, 0.2) is 0 Å². The molecule has 0 aromatic heterocycles. The molecule has 10 heteroatoms. The summed E-state index contributed by atoms with van der Waals surface area (Å²) in [4.78, 5) is 11.9. The van der Waals surface area contributed by atoms with Crippen LogP contribution in [0, 0.1) is 0 Å². The third-order valence-electron chi connectivity index (χ3n) is 3.93. The molecule has 6 nitrogen and oxygen atoms in total. The van der Waals surface area contributed by atoms with Gasteiger partial charge in [0.1, 0.15) is 0 Å². The number of rotatable bonds is 9. The lowest BCUT2D eigenvalue weighted by Crippen LogP contribution is -2.25. The van der Waals surface area contributed by atoms with Gasteiger partial charge >= 0.3 is 6.18 Å². The van der Waals surface area contributed by atoms with Crippen molar-refractivity contribution in [2.24, 2.45) is 0 Å². The van der Waals surface area contributed by atoms with Crippen LogP contribution in [0.15, 0.2) is 53.4 Å². The van der Waals surface area contributed by atoms with Crippen LogP contribution >= 0.6 is 0 Å². The summed E-state index contributed by atoms with van der Waals surface area (Å²) in [5.74, 6) is -0.366. The van der Waals surface area contributed by atoms with Crippen LogP contribution in [-0.4, -0.2) is 33.6 Å². The first-order chi connectivity index (χ1) is 14.0. The molecule has 30 heavy (non-hydrogen) atoms. The number of carbonyl (C=O) groups is 1. The maximum atomic E-state index is 12.8. The molecule has 2 aromatic rings. The predicted octanol–water partition coefficient (Wildman–Crippen LogP) is 4.05. The second-order valence-electron chi connectivity index (χ2n) is 6.74. The summed E-state index contributed by atoms with van der Waals surface area (Å²) in [5.41, 5.74) is -0.915. The third kappa shape index (κ3) is 7.03. The maximum absolute atomic E-state index is 12.8. The number of carbonyl (C=O) groups excluding carboxylic acids is 1. The number of hydrogen-bond donors (Lipinski definition) is 2. The first-order valence-corrected chi connectivity index (χ1v) is 10.7. The molecule has 1 amide bonds. The van der Waals surface area contributed by atoms with E-state index in [-0.39, 0.29) is 28.2 Å². The summed E-state index contributed by atoms with van der Waals surface area (Å²) in [5, 5.41) is 2.70. The van der Waals surface area contributed by atoms with Gasteiger partial charge in [0, 0.05) is 24.4 Å². The smallest absolute Gasteiger partial charge is 0.379 e. The van der Waals surface area contributed by atoms with E-state index < -0.39 is 21.8 Å². The van der Waals surface area contributed by atoms with Crippen molar-refractivity contribution in [3.05, 3.63) is 59.7 Å². The number of halogens is 3. The summed E-state index contributed by atoms with van der Waals surface area (Å²) >= 11 is 0. The van der Waals surface area contributed by atoms with Gasteiger partial charge in [-0.15, -0.1) is 0 Å². The zero-order chi connectivity index (χ0) is 22.4. The number of amides is 1. The first kappa shape index (κ1) is 23.7. The Hall–Kier alpha value is -2.59. The molecule has 0 saturated heterocycles. The summed E-state index contributed by atoms with van der Waals surface area (Å²) in [6, 6.07) is 8.99. The monoisotopic (exact) mass is 444 g/mol. The highest BCUT2D eigenvalue weighted by Crippen LogP contribution is 2.31. The minimum atomic E-state index is -4.59. The van der Waals surface area contributed by atoms with E-state index in [1.807, 2.05) is 13.8 Å². The molecule has 0 heterocycles. The quantitative estimate of drug-likeness (QED) is 0.572. The molecule has 164 valence electrons. The summed E-state index contributed by atoms with van der Waals surface area (Å²) in [6.07, 6.45) is -3.84. The van der Waals surface area contributed by atoms with Crippen LogP contribution < -0.4 is 10.0 Å². The van der Waals surface area contributed by atoms with Crippen LogP contribution in [0.2, 0.25) is 0 Å². The second-order valence-corrected chi connectivity index (χ2v) is 8.42. The summed E-state index contributed by atoms with van der Waals surface area (Å²) < 4.78 is 70.7. The molecular formula is C20H23F3N2O4S. The number of nitrogens with one attached hydrogen (secondary N) is 2. The highest BCUT2D eigenvalue weighted by atomic mass is 32.2. The van der Waals surface area contributed by atoms with E-state index >= 15 is 0 Å². The third-order valence-corrected chi connectivity index (χ3v) is 5.32. The van der Waals surface area contributed by atoms with E-state index in [9.17, 15) is 26.4 Å². The van der Waals surface area contributed by atoms with E-state index in [2.05, 4.69) is 10.0 Å². The Kier molecular flexibility index (Phi) is 7.85. The Morgan fingerprint density at radius 2 is 1.77 bits per heavy atom.